The second kappa shape index (κ2) is 8.67. The zero-order valence-electron chi connectivity index (χ0n) is 14.4. The van der Waals surface area contributed by atoms with Crippen molar-refractivity contribution in [3.05, 3.63) is 59.4 Å². The number of carbonyl (C=O) groups is 2. The number of aryl methyl sites for hydroxylation is 2. The highest BCUT2D eigenvalue weighted by atomic mass is 32.2. The Hall–Kier alpha value is -2.34. The van der Waals surface area contributed by atoms with Gasteiger partial charge in [-0.3, -0.25) is 9.59 Å². The van der Waals surface area contributed by atoms with Gasteiger partial charge in [0.05, 0.1) is 11.8 Å². The molecule has 0 spiro atoms. The van der Waals surface area contributed by atoms with Crippen LogP contribution in [-0.4, -0.2) is 23.6 Å². The molecule has 25 heavy (non-hydrogen) atoms. The molecule has 0 aliphatic carbocycles. The van der Waals surface area contributed by atoms with E-state index in [2.05, 4.69) is 10.6 Å². The number of benzene rings is 2. The quantitative estimate of drug-likeness (QED) is 0.773. The minimum absolute atomic E-state index is 0.0963. The van der Waals surface area contributed by atoms with Gasteiger partial charge in [0.15, 0.2) is 0 Å². The number of thioether (sulfide) groups is 1. The lowest BCUT2D eigenvalue weighted by atomic mass is 10.1. The molecule has 2 rings (SSSR count). The van der Waals surface area contributed by atoms with Crippen LogP contribution in [0, 0.1) is 19.7 Å². The van der Waals surface area contributed by atoms with Crippen molar-refractivity contribution >= 4 is 29.3 Å². The van der Waals surface area contributed by atoms with E-state index in [1.807, 2.05) is 32.0 Å². The van der Waals surface area contributed by atoms with E-state index < -0.39 is 5.25 Å². The Balaban J connectivity index is 1.84. The second-order valence-electron chi connectivity index (χ2n) is 5.75. The second-order valence-corrected chi connectivity index (χ2v) is 7.16. The predicted octanol–water partition coefficient (Wildman–Crippen LogP) is 3.68. The molecule has 2 aromatic rings. The summed E-state index contributed by atoms with van der Waals surface area (Å²) in [5.74, 6) is -0.833. The van der Waals surface area contributed by atoms with Crippen LogP contribution in [0.4, 0.5) is 10.1 Å². The molecule has 0 aromatic heterocycles. The number of hydrogen-bond acceptors (Lipinski definition) is 3. The number of halogens is 1. The Morgan fingerprint density at radius 2 is 1.68 bits per heavy atom. The van der Waals surface area contributed by atoms with Gasteiger partial charge in [0, 0.05) is 10.6 Å². The lowest BCUT2D eigenvalue weighted by Crippen LogP contribution is -2.37. The SMILES string of the molecule is Cc1cccc(C)c1NC(=O)CNC(=O)[C@H](C)Sc1ccc(F)cc1. The maximum atomic E-state index is 12.9. The standard InChI is InChI=1S/C19H21FN2O2S/c1-12-5-4-6-13(2)18(12)22-17(23)11-21-19(24)14(3)25-16-9-7-15(20)8-10-16/h4-10,14H,11H2,1-3H3,(H,21,24)(H,22,23)/t14-/m0/s1. The zero-order valence-corrected chi connectivity index (χ0v) is 15.2. The van der Waals surface area contributed by atoms with Crippen LogP contribution in [0.25, 0.3) is 0 Å². The van der Waals surface area contributed by atoms with Crippen LogP contribution in [0.3, 0.4) is 0 Å². The summed E-state index contributed by atoms with van der Waals surface area (Å²) in [4.78, 5) is 25.0. The van der Waals surface area contributed by atoms with Gasteiger partial charge in [-0.2, -0.15) is 0 Å². The van der Waals surface area contributed by atoms with Crippen molar-refractivity contribution in [2.45, 2.75) is 30.9 Å². The molecule has 0 bridgehead atoms. The largest absolute Gasteiger partial charge is 0.346 e. The van der Waals surface area contributed by atoms with Gasteiger partial charge in [-0.25, -0.2) is 4.39 Å². The number of amides is 2. The van der Waals surface area contributed by atoms with Gasteiger partial charge in [-0.05, 0) is 56.2 Å². The molecule has 4 nitrogen and oxygen atoms in total. The zero-order chi connectivity index (χ0) is 18.4. The molecule has 0 unspecified atom stereocenters. The van der Waals surface area contributed by atoms with Crippen molar-refractivity contribution < 1.29 is 14.0 Å². The molecule has 0 saturated carbocycles. The molecule has 0 fully saturated rings. The molecule has 2 amide bonds. The first kappa shape index (κ1) is 19.0. The van der Waals surface area contributed by atoms with Gasteiger partial charge in [-0.15, -0.1) is 11.8 Å². The highest BCUT2D eigenvalue weighted by molar-refractivity contribution is 8.00. The Morgan fingerprint density at radius 1 is 1.08 bits per heavy atom. The number of anilines is 1. The van der Waals surface area contributed by atoms with E-state index in [4.69, 9.17) is 0 Å². The normalized spacial score (nSPS) is 11.7. The van der Waals surface area contributed by atoms with E-state index in [9.17, 15) is 14.0 Å². The molecular weight excluding hydrogens is 339 g/mol. The van der Waals surface area contributed by atoms with Crippen molar-refractivity contribution in [1.82, 2.24) is 5.32 Å². The average Bonchev–Trinajstić information content (AvgIpc) is 2.58. The third kappa shape index (κ3) is 5.60. The number of hydrogen-bond donors (Lipinski definition) is 2. The Morgan fingerprint density at radius 3 is 2.28 bits per heavy atom. The van der Waals surface area contributed by atoms with Crippen LogP contribution in [0.1, 0.15) is 18.1 Å². The van der Waals surface area contributed by atoms with E-state index in [0.29, 0.717) is 0 Å². The number of carbonyl (C=O) groups excluding carboxylic acids is 2. The number of para-hydroxylation sites is 1. The Kier molecular flexibility index (Phi) is 6.58. The van der Waals surface area contributed by atoms with Crippen molar-refractivity contribution in [1.29, 1.82) is 0 Å². The lowest BCUT2D eigenvalue weighted by Gasteiger charge is -2.14. The molecule has 1 atom stereocenters. The lowest BCUT2D eigenvalue weighted by molar-refractivity contribution is -0.123. The smallest absolute Gasteiger partial charge is 0.243 e. The maximum absolute atomic E-state index is 12.9. The first-order valence-electron chi connectivity index (χ1n) is 7.93. The third-order valence-electron chi connectivity index (χ3n) is 3.66. The highest BCUT2D eigenvalue weighted by Gasteiger charge is 2.16. The maximum Gasteiger partial charge on any atom is 0.243 e. The van der Waals surface area contributed by atoms with E-state index in [0.717, 1.165) is 21.7 Å². The van der Waals surface area contributed by atoms with Crippen molar-refractivity contribution in [2.24, 2.45) is 0 Å². The van der Waals surface area contributed by atoms with Gasteiger partial charge in [0.1, 0.15) is 5.82 Å². The summed E-state index contributed by atoms with van der Waals surface area (Å²) in [7, 11) is 0. The molecule has 0 heterocycles. The number of nitrogens with one attached hydrogen (secondary N) is 2. The average molecular weight is 360 g/mol. The fourth-order valence-electron chi connectivity index (χ4n) is 2.28. The number of rotatable bonds is 6. The summed E-state index contributed by atoms with van der Waals surface area (Å²) < 4.78 is 12.9. The van der Waals surface area contributed by atoms with Crippen LogP contribution in [-0.2, 0) is 9.59 Å². The first-order valence-corrected chi connectivity index (χ1v) is 8.81. The van der Waals surface area contributed by atoms with Crippen LogP contribution >= 0.6 is 11.8 Å². The molecule has 132 valence electrons. The minimum Gasteiger partial charge on any atom is -0.346 e. The molecular formula is C19H21FN2O2S. The van der Waals surface area contributed by atoms with E-state index in [-0.39, 0.29) is 24.2 Å². The van der Waals surface area contributed by atoms with Crippen molar-refractivity contribution in [3.8, 4) is 0 Å². The topological polar surface area (TPSA) is 58.2 Å². The Labute approximate surface area is 151 Å². The van der Waals surface area contributed by atoms with Gasteiger partial charge in [-0.1, -0.05) is 18.2 Å². The molecule has 2 N–H and O–H groups in total. The van der Waals surface area contributed by atoms with Crippen LogP contribution in [0.5, 0.6) is 0 Å². The fourth-order valence-corrected chi connectivity index (χ4v) is 3.17. The van der Waals surface area contributed by atoms with E-state index >= 15 is 0 Å². The van der Waals surface area contributed by atoms with Gasteiger partial charge in [0.2, 0.25) is 11.8 Å². The van der Waals surface area contributed by atoms with Crippen LogP contribution in [0.15, 0.2) is 47.4 Å². The minimum atomic E-state index is -0.390. The molecule has 6 heteroatoms. The molecule has 0 saturated heterocycles. The van der Waals surface area contributed by atoms with Crippen molar-refractivity contribution in [2.75, 3.05) is 11.9 Å². The molecule has 2 aromatic carbocycles. The monoisotopic (exact) mass is 360 g/mol. The summed E-state index contributed by atoms with van der Waals surface area (Å²) in [6.45, 7) is 5.49. The summed E-state index contributed by atoms with van der Waals surface area (Å²) in [6, 6.07) is 11.7. The van der Waals surface area contributed by atoms with Crippen molar-refractivity contribution in [3.63, 3.8) is 0 Å². The first-order chi connectivity index (χ1) is 11.9. The molecule has 0 radical (unpaired) electrons. The summed E-state index contributed by atoms with van der Waals surface area (Å²) in [5, 5.41) is 5.06. The van der Waals surface area contributed by atoms with Gasteiger partial charge < -0.3 is 10.6 Å². The van der Waals surface area contributed by atoms with Crippen LogP contribution in [0.2, 0.25) is 0 Å². The van der Waals surface area contributed by atoms with Gasteiger partial charge >= 0.3 is 0 Å². The van der Waals surface area contributed by atoms with Gasteiger partial charge in [0.25, 0.3) is 0 Å². The Bertz CT molecular complexity index is 742. The fraction of sp³-hybridized carbons (Fsp3) is 0.263. The summed E-state index contributed by atoms with van der Waals surface area (Å²) >= 11 is 1.31. The van der Waals surface area contributed by atoms with E-state index in [1.165, 1.54) is 23.9 Å². The summed E-state index contributed by atoms with van der Waals surface area (Å²) in [6.07, 6.45) is 0. The molecule has 0 aliphatic heterocycles. The predicted molar refractivity (Wildman–Crippen MR) is 99.3 cm³/mol. The third-order valence-corrected chi connectivity index (χ3v) is 4.78. The van der Waals surface area contributed by atoms with E-state index in [1.54, 1.807) is 19.1 Å². The molecule has 0 aliphatic rings. The van der Waals surface area contributed by atoms with Crippen LogP contribution < -0.4 is 10.6 Å². The summed E-state index contributed by atoms with van der Waals surface area (Å²) in [5.41, 5.74) is 2.72. The highest BCUT2D eigenvalue weighted by Crippen LogP contribution is 2.23.